The molecule has 1 aliphatic rings. The number of rotatable bonds is 5. The Balaban J connectivity index is 1.71. The Hall–Kier alpha value is -2.15. The van der Waals surface area contributed by atoms with E-state index in [1.807, 2.05) is 16.8 Å². The first-order chi connectivity index (χ1) is 10.1. The fourth-order valence-electron chi connectivity index (χ4n) is 2.17. The number of nitrogens with zero attached hydrogens (tertiary/aromatic N) is 2. The lowest BCUT2D eigenvalue weighted by Gasteiger charge is -2.13. The van der Waals surface area contributed by atoms with Crippen LogP contribution in [0.1, 0.15) is 57.8 Å². The molecule has 1 saturated carbocycles. The van der Waals surface area contributed by atoms with E-state index < -0.39 is 5.97 Å². The fraction of sp³-hybridized carbons (Fsp3) is 0.357. The Morgan fingerprint density at radius 2 is 2.29 bits per heavy atom. The monoisotopic (exact) mass is 305 g/mol. The molecule has 0 aromatic carbocycles. The van der Waals surface area contributed by atoms with Crippen LogP contribution in [-0.4, -0.2) is 26.5 Å². The van der Waals surface area contributed by atoms with Crippen LogP contribution in [0.3, 0.4) is 0 Å². The summed E-state index contributed by atoms with van der Waals surface area (Å²) in [4.78, 5) is 27.1. The molecular weight excluding hydrogens is 290 g/mol. The number of hydrogen-bond donors (Lipinski definition) is 2. The minimum absolute atomic E-state index is 0.0115. The number of hydrogen-bond acceptors (Lipinski definition) is 4. The summed E-state index contributed by atoms with van der Waals surface area (Å²) in [7, 11) is 0. The molecule has 110 valence electrons. The van der Waals surface area contributed by atoms with Gasteiger partial charge in [0.05, 0.1) is 6.04 Å². The number of aromatic nitrogens is 2. The summed E-state index contributed by atoms with van der Waals surface area (Å²) in [6.45, 7) is 1.80. The molecule has 0 spiro atoms. The average molecular weight is 305 g/mol. The van der Waals surface area contributed by atoms with E-state index in [-0.39, 0.29) is 17.6 Å². The van der Waals surface area contributed by atoms with Gasteiger partial charge in [-0.3, -0.25) is 4.79 Å². The topological polar surface area (TPSA) is 84.2 Å². The molecule has 1 atom stereocenters. The summed E-state index contributed by atoms with van der Waals surface area (Å²) in [6, 6.07) is 3.78. The molecule has 1 aliphatic carbocycles. The molecule has 2 heterocycles. The van der Waals surface area contributed by atoms with Gasteiger partial charge >= 0.3 is 5.97 Å². The number of carbonyl (C=O) groups is 2. The normalized spacial score (nSPS) is 15.7. The van der Waals surface area contributed by atoms with Gasteiger partial charge in [-0.25, -0.2) is 9.78 Å². The summed E-state index contributed by atoms with van der Waals surface area (Å²) in [5, 5.41) is 13.8. The van der Waals surface area contributed by atoms with Crippen molar-refractivity contribution < 1.29 is 14.7 Å². The van der Waals surface area contributed by atoms with E-state index in [0.29, 0.717) is 16.7 Å². The Kier molecular flexibility index (Phi) is 3.50. The van der Waals surface area contributed by atoms with E-state index in [1.54, 1.807) is 13.0 Å². The molecule has 0 radical (unpaired) electrons. The predicted molar refractivity (Wildman–Crippen MR) is 77.7 cm³/mol. The third-order valence-electron chi connectivity index (χ3n) is 3.41. The standard InChI is InChI=1S/C14H15N3O3S/c1-8(13-16-10(7-21-13)14(19)20)15-12(18)11-3-2-6-17(11)9-4-5-9/h2-3,6-9H,4-5H2,1H3,(H,15,18)(H,19,20). The second-order valence-electron chi connectivity index (χ2n) is 5.10. The van der Waals surface area contributed by atoms with Crippen LogP contribution in [0.4, 0.5) is 0 Å². The molecular formula is C14H15N3O3S. The molecule has 7 heteroatoms. The second-order valence-corrected chi connectivity index (χ2v) is 5.99. The molecule has 0 aliphatic heterocycles. The van der Waals surface area contributed by atoms with Gasteiger partial charge in [0.1, 0.15) is 10.7 Å². The van der Waals surface area contributed by atoms with Crippen molar-refractivity contribution in [1.29, 1.82) is 0 Å². The average Bonchev–Trinajstić information content (AvgIpc) is 2.99. The van der Waals surface area contributed by atoms with Gasteiger partial charge in [0.15, 0.2) is 5.69 Å². The largest absolute Gasteiger partial charge is 0.476 e. The van der Waals surface area contributed by atoms with E-state index in [4.69, 9.17) is 5.11 Å². The Bertz CT molecular complexity index is 687. The number of nitrogens with one attached hydrogen (secondary N) is 1. The van der Waals surface area contributed by atoms with Crippen molar-refractivity contribution >= 4 is 23.2 Å². The van der Waals surface area contributed by atoms with Gasteiger partial charge < -0.3 is 15.0 Å². The van der Waals surface area contributed by atoms with Crippen LogP contribution in [0.5, 0.6) is 0 Å². The maximum atomic E-state index is 12.3. The molecule has 1 unspecified atom stereocenters. The highest BCUT2D eigenvalue weighted by atomic mass is 32.1. The van der Waals surface area contributed by atoms with E-state index in [2.05, 4.69) is 10.3 Å². The van der Waals surface area contributed by atoms with Crippen molar-refractivity contribution in [3.63, 3.8) is 0 Å². The Morgan fingerprint density at radius 3 is 2.90 bits per heavy atom. The van der Waals surface area contributed by atoms with E-state index >= 15 is 0 Å². The molecule has 21 heavy (non-hydrogen) atoms. The summed E-state index contributed by atoms with van der Waals surface area (Å²) >= 11 is 1.23. The summed E-state index contributed by atoms with van der Waals surface area (Å²) in [6.07, 6.45) is 4.14. The second kappa shape index (κ2) is 5.33. The minimum atomic E-state index is -1.06. The van der Waals surface area contributed by atoms with Crippen LogP contribution in [0.25, 0.3) is 0 Å². The highest BCUT2D eigenvalue weighted by Crippen LogP contribution is 2.36. The smallest absolute Gasteiger partial charge is 0.355 e. The highest BCUT2D eigenvalue weighted by Gasteiger charge is 2.27. The number of aromatic carboxylic acids is 1. The van der Waals surface area contributed by atoms with Crippen LogP contribution in [0.15, 0.2) is 23.7 Å². The van der Waals surface area contributed by atoms with Gasteiger partial charge in [-0.15, -0.1) is 11.3 Å². The zero-order chi connectivity index (χ0) is 15.0. The van der Waals surface area contributed by atoms with Crippen molar-refractivity contribution in [2.45, 2.75) is 31.8 Å². The van der Waals surface area contributed by atoms with Crippen molar-refractivity contribution in [3.8, 4) is 0 Å². The van der Waals surface area contributed by atoms with Gasteiger partial charge in [-0.05, 0) is 31.9 Å². The van der Waals surface area contributed by atoms with Gasteiger partial charge in [0.2, 0.25) is 0 Å². The first kappa shape index (κ1) is 13.8. The summed E-state index contributed by atoms with van der Waals surface area (Å²) < 4.78 is 1.99. The minimum Gasteiger partial charge on any atom is -0.476 e. The lowest BCUT2D eigenvalue weighted by Crippen LogP contribution is -2.28. The summed E-state index contributed by atoms with van der Waals surface area (Å²) in [5.74, 6) is -1.22. The van der Waals surface area contributed by atoms with Gasteiger partial charge in [-0.2, -0.15) is 0 Å². The van der Waals surface area contributed by atoms with Crippen LogP contribution in [-0.2, 0) is 0 Å². The lowest BCUT2D eigenvalue weighted by molar-refractivity contribution is 0.0691. The van der Waals surface area contributed by atoms with Crippen LogP contribution < -0.4 is 5.32 Å². The fourth-order valence-corrected chi connectivity index (χ4v) is 2.97. The number of carboxylic acid groups (broad SMARTS) is 1. The Labute approximate surface area is 125 Å². The number of thiazole rings is 1. The molecule has 1 amide bonds. The number of amides is 1. The molecule has 0 bridgehead atoms. The maximum absolute atomic E-state index is 12.3. The first-order valence-corrected chi connectivity index (χ1v) is 7.60. The molecule has 6 nitrogen and oxygen atoms in total. The van der Waals surface area contributed by atoms with Gasteiger partial charge in [0, 0.05) is 17.6 Å². The third kappa shape index (κ3) is 2.82. The van der Waals surface area contributed by atoms with Crippen molar-refractivity contribution in [2.75, 3.05) is 0 Å². The van der Waals surface area contributed by atoms with Crippen molar-refractivity contribution in [2.24, 2.45) is 0 Å². The number of carboxylic acids is 1. The molecule has 2 aromatic heterocycles. The highest BCUT2D eigenvalue weighted by molar-refractivity contribution is 7.09. The summed E-state index contributed by atoms with van der Waals surface area (Å²) in [5.41, 5.74) is 0.650. The molecule has 1 fully saturated rings. The maximum Gasteiger partial charge on any atom is 0.355 e. The Morgan fingerprint density at radius 1 is 1.52 bits per heavy atom. The van der Waals surface area contributed by atoms with E-state index in [1.165, 1.54) is 16.7 Å². The predicted octanol–water partition coefficient (Wildman–Crippen LogP) is 2.47. The van der Waals surface area contributed by atoms with Crippen molar-refractivity contribution in [3.05, 3.63) is 40.1 Å². The quantitative estimate of drug-likeness (QED) is 0.888. The zero-order valence-corrected chi connectivity index (χ0v) is 12.3. The van der Waals surface area contributed by atoms with Gasteiger partial charge in [-0.1, -0.05) is 0 Å². The van der Waals surface area contributed by atoms with Crippen LogP contribution >= 0.6 is 11.3 Å². The zero-order valence-electron chi connectivity index (χ0n) is 11.4. The molecule has 2 aromatic rings. The van der Waals surface area contributed by atoms with Crippen molar-refractivity contribution in [1.82, 2.24) is 14.9 Å². The lowest BCUT2D eigenvalue weighted by atomic mass is 10.3. The molecule has 0 saturated heterocycles. The van der Waals surface area contributed by atoms with E-state index in [0.717, 1.165) is 12.8 Å². The SMILES string of the molecule is CC(NC(=O)c1cccn1C1CC1)c1nc(C(=O)O)cs1. The van der Waals surface area contributed by atoms with Gasteiger partial charge in [0.25, 0.3) is 5.91 Å². The van der Waals surface area contributed by atoms with Crippen LogP contribution in [0.2, 0.25) is 0 Å². The molecule has 2 N–H and O–H groups in total. The van der Waals surface area contributed by atoms with E-state index in [9.17, 15) is 9.59 Å². The third-order valence-corrected chi connectivity index (χ3v) is 4.44. The van der Waals surface area contributed by atoms with Crippen LogP contribution in [0, 0.1) is 0 Å². The number of carbonyl (C=O) groups excluding carboxylic acids is 1. The molecule has 3 rings (SSSR count). The first-order valence-electron chi connectivity index (χ1n) is 6.72.